The first-order valence-corrected chi connectivity index (χ1v) is 5.26. The van der Waals surface area contributed by atoms with Gasteiger partial charge in [0.15, 0.2) is 0 Å². The van der Waals surface area contributed by atoms with Gasteiger partial charge in [-0.05, 0) is 12.8 Å². The monoisotopic (exact) mass is 194 g/mol. The lowest BCUT2D eigenvalue weighted by molar-refractivity contribution is 0.214. The summed E-state index contributed by atoms with van der Waals surface area (Å²) in [5.74, 6) is 0.988. The van der Waals surface area contributed by atoms with E-state index >= 15 is 0 Å². The molecule has 4 nitrogen and oxygen atoms in total. The summed E-state index contributed by atoms with van der Waals surface area (Å²) < 4.78 is 1.99. The van der Waals surface area contributed by atoms with Crippen LogP contribution < -0.4 is 11.1 Å². The minimum absolute atomic E-state index is 0.353. The molecule has 0 unspecified atom stereocenters. The van der Waals surface area contributed by atoms with Crippen molar-refractivity contribution in [1.29, 1.82) is 0 Å². The molecular formula is C10H18N4. The Kier molecular flexibility index (Phi) is 2.13. The van der Waals surface area contributed by atoms with E-state index in [1.807, 2.05) is 4.68 Å². The van der Waals surface area contributed by atoms with Crippen molar-refractivity contribution in [1.82, 2.24) is 9.78 Å². The third-order valence-corrected chi connectivity index (χ3v) is 3.48. The van der Waals surface area contributed by atoms with Crippen molar-refractivity contribution in [3.05, 3.63) is 6.20 Å². The molecular weight excluding hydrogens is 176 g/mol. The smallest absolute Gasteiger partial charge is 0.147 e. The van der Waals surface area contributed by atoms with Gasteiger partial charge in [0, 0.05) is 12.0 Å². The molecule has 1 aliphatic rings. The minimum Gasteiger partial charge on any atom is -0.394 e. The van der Waals surface area contributed by atoms with Crippen LogP contribution in [0, 0.1) is 5.41 Å². The average molecular weight is 194 g/mol. The predicted octanol–water partition coefficient (Wildman–Crippen LogP) is 1.70. The molecule has 78 valence electrons. The lowest BCUT2D eigenvalue weighted by Crippen LogP contribution is -2.38. The maximum atomic E-state index is 5.79. The first-order valence-electron chi connectivity index (χ1n) is 5.26. The van der Waals surface area contributed by atoms with Crippen LogP contribution in [-0.2, 0) is 6.54 Å². The van der Waals surface area contributed by atoms with Crippen molar-refractivity contribution in [3.8, 4) is 0 Å². The zero-order valence-electron chi connectivity index (χ0n) is 8.88. The largest absolute Gasteiger partial charge is 0.394 e. The van der Waals surface area contributed by atoms with Gasteiger partial charge in [-0.1, -0.05) is 13.8 Å². The number of nitrogen functional groups attached to an aromatic ring is 1. The van der Waals surface area contributed by atoms with Gasteiger partial charge in [0.2, 0.25) is 0 Å². The quantitative estimate of drug-likeness (QED) is 0.753. The molecule has 0 fully saturated rings. The highest BCUT2D eigenvalue weighted by molar-refractivity contribution is 5.61. The van der Waals surface area contributed by atoms with E-state index < -0.39 is 0 Å². The molecule has 0 bridgehead atoms. The number of anilines is 2. The highest BCUT2D eigenvalue weighted by atomic mass is 15.4. The van der Waals surface area contributed by atoms with E-state index in [0.29, 0.717) is 5.41 Å². The van der Waals surface area contributed by atoms with E-state index in [4.69, 9.17) is 5.73 Å². The SMILES string of the molecule is CCC1(CC)CNc2c(N)cnn2C1. The summed E-state index contributed by atoms with van der Waals surface area (Å²) in [5.41, 5.74) is 6.90. The number of nitrogens with one attached hydrogen (secondary N) is 1. The topological polar surface area (TPSA) is 55.9 Å². The molecule has 0 saturated heterocycles. The lowest BCUT2D eigenvalue weighted by Gasteiger charge is -2.36. The van der Waals surface area contributed by atoms with E-state index in [2.05, 4.69) is 24.3 Å². The summed E-state index contributed by atoms with van der Waals surface area (Å²) in [7, 11) is 0. The Bertz CT molecular complexity index is 325. The molecule has 1 aromatic rings. The van der Waals surface area contributed by atoms with Crippen LogP contribution in [0.2, 0.25) is 0 Å². The first-order chi connectivity index (χ1) is 6.71. The molecule has 1 aromatic heterocycles. The fourth-order valence-corrected chi connectivity index (χ4v) is 2.08. The van der Waals surface area contributed by atoms with Crippen LogP contribution in [0.5, 0.6) is 0 Å². The van der Waals surface area contributed by atoms with Gasteiger partial charge < -0.3 is 11.1 Å². The maximum Gasteiger partial charge on any atom is 0.147 e. The Hall–Kier alpha value is -1.19. The standard InChI is InChI=1S/C10H18N4/c1-3-10(4-2)6-12-9-8(11)5-13-14(9)7-10/h5,12H,3-4,6-7,11H2,1-2H3. The molecule has 2 heterocycles. The highest BCUT2D eigenvalue weighted by Crippen LogP contribution is 2.35. The second-order valence-corrected chi connectivity index (χ2v) is 4.17. The second kappa shape index (κ2) is 3.19. The van der Waals surface area contributed by atoms with Crippen molar-refractivity contribution in [2.24, 2.45) is 5.41 Å². The summed E-state index contributed by atoms with van der Waals surface area (Å²) in [5, 5.41) is 7.66. The van der Waals surface area contributed by atoms with Crippen molar-refractivity contribution in [3.63, 3.8) is 0 Å². The Balaban J connectivity index is 2.29. The molecule has 2 rings (SSSR count). The minimum atomic E-state index is 0.353. The fourth-order valence-electron chi connectivity index (χ4n) is 2.08. The third kappa shape index (κ3) is 1.25. The van der Waals surface area contributed by atoms with Gasteiger partial charge in [0.25, 0.3) is 0 Å². The highest BCUT2D eigenvalue weighted by Gasteiger charge is 2.32. The number of nitrogens with zero attached hydrogens (tertiary/aromatic N) is 2. The first kappa shape index (κ1) is 9.37. The summed E-state index contributed by atoms with van der Waals surface area (Å²) >= 11 is 0. The molecule has 1 aliphatic heterocycles. The molecule has 0 amide bonds. The van der Waals surface area contributed by atoms with Crippen molar-refractivity contribution < 1.29 is 0 Å². The molecule has 3 N–H and O–H groups in total. The van der Waals surface area contributed by atoms with Gasteiger partial charge in [0.1, 0.15) is 5.82 Å². The molecule has 0 aliphatic carbocycles. The van der Waals surface area contributed by atoms with Crippen LogP contribution in [0.1, 0.15) is 26.7 Å². The number of hydrogen-bond donors (Lipinski definition) is 2. The summed E-state index contributed by atoms with van der Waals surface area (Å²) in [4.78, 5) is 0. The lowest BCUT2D eigenvalue weighted by atomic mass is 9.81. The van der Waals surface area contributed by atoms with E-state index in [1.165, 1.54) is 12.8 Å². The van der Waals surface area contributed by atoms with Crippen LogP contribution in [0.4, 0.5) is 11.5 Å². The zero-order valence-corrected chi connectivity index (χ0v) is 8.88. The Morgan fingerprint density at radius 3 is 2.93 bits per heavy atom. The van der Waals surface area contributed by atoms with Crippen molar-refractivity contribution in [2.45, 2.75) is 33.2 Å². The second-order valence-electron chi connectivity index (χ2n) is 4.17. The van der Waals surface area contributed by atoms with Crippen LogP contribution >= 0.6 is 0 Å². The summed E-state index contributed by atoms with van der Waals surface area (Å²) in [6.45, 7) is 6.47. The van der Waals surface area contributed by atoms with Gasteiger partial charge in [-0.25, -0.2) is 4.68 Å². The molecule has 0 aromatic carbocycles. The number of nitrogens with two attached hydrogens (primary N) is 1. The van der Waals surface area contributed by atoms with E-state index in [0.717, 1.165) is 24.6 Å². The Morgan fingerprint density at radius 2 is 2.29 bits per heavy atom. The molecule has 0 saturated carbocycles. The number of aromatic nitrogens is 2. The van der Waals surface area contributed by atoms with Crippen LogP contribution in [-0.4, -0.2) is 16.3 Å². The molecule has 4 heteroatoms. The van der Waals surface area contributed by atoms with E-state index in [-0.39, 0.29) is 0 Å². The van der Waals surface area contributed by atoms with E-state index in [1.54, 1.807) is 6.20 Å². The Morgan fingerprint density at radius 1 is 1.57 bits per heavy atom. The molecule has 0 spiro atoms. The molecule has 0 atom stereocenters. The number of rotatable bonds is 2. The third-order valence-electron chi connectivity index (χ3n) is 3.48. The number of hydrogen-bond acceptors (Lipinski definition) is 3. The van der Waals surface area contributed by atoms with Crippen LogP contribution in [0.25, 0.3) is 0 Å². The Labute approximate surface area is 84.5 Å². The van der Waals surface area contributed by atoms with Crippen LogP contribution in [0.15, 0.2) is 6.20 Å². The van der Waals surface area contributed by atoms with Gasteiger partial charge >= 0.3 is 0 Å². The summed E-state index contributed by atoms with van der Waals surface area (Å²) in [6.07, 6.45) is 4.08. The van der Waals surface area contributed by atoms with Gasteiger partial charge in [-0.15, -0.1) is 0 Å². The zero-order chi connectivity index (χ0) is 10.2. The van der Waals surface area contributed by atoms with Gasteiger partial charge in [-0.3, -0.25) is 0 Å². The fraction of sp³-hybridized carbons (Fsp3) is 0.700. The van der Waals surface area contributed by atoms with E-state index in [9.17, 15) is 0 Å². The van der Waals surface area contributed by atoms with Crippen LogP contribution in [0.3, 0.4) is 0 Å². The normalized spacial score (nSPS) is 18.7. The number of fused-ring (bicyclic) bond motifs is 1. The molecule has 0 radical (unpaired) electrons. The average Bonchev–Trinajstić information content (AvgIpc) is 2.59. The molecule has 14 heavy (non-hydrogen) atoms. The van der Waals surface area contributed by atoms with Gasteiger partial charge in [-0.2, -0.15) is 5.10 Å². The summed E-state index contributed by atoms with van der Waals surface area (Å²) in [6, 6.07) is 0. The van der Waals surface area contributed by atoms with Gasteiger partial charge in [0.05, 0.1) is 18.4 Å². The van der Waals surface area contributed by atoms with Crippen molar-refractivity contribution >= 4 is 11.5 Å². The van der Waals surface area contributed by atoms with Crippen molar-refractivity contribution in [2.75, 3.05) is 17.6 Å². The maximum absolute atomic E-state index is 5.79. The predicted molar refractivity (Wildman–Crippen MR) is 58.1 cm³/mol.